The maximum absolute atomic E-state index is 6.46. The van der Waals surface area contributed by atoms with Gasteiger partial charge in [-0.25, -0.2) is 0 Å². The van der Waals surface area contributed by atoms with Gasteiger partial charge in [-0.1, -0.05) is 37.7 Å². The van der Waals surface area contributed by atoms with Crippen LogP contribution in [0, 0.1) is 5.92 Å². The highest BCUT2D eigenvalue weighted by Gasteiger charge is 2.35. The predicted octanol–water partition coefficient (Wildman–Crippen LogP) is 2.48. The van der Waals surface area contributed by atoms with Crippen LogP contribution in [0.5, 0.6) is 0 Å². The first kappa shape index (κ1) is 15.2. The molecule has 0 spiro atoms. The van der Waals surface area contributed by atoms with Crippen LogP contribution in [0.15, 0.2) is 29.2 Å². The molecule has 0 radical (unpaired) electrons. The molecule has 4 nitrogen and oxygen atoms in total. The van der Waals surface area contributed by atoms with Crippen LogP contribution < -0.4 is 16.4 Å². The number of fused-ring (bicyclic) bond motifs is 1. The van der Waals surface area contributed by atoms with Crippen LogP contribution in [0.4, 0.5) is 5.69 Å². The molecule has 2 unspecified atom stereocenters. The molecule has 1 aromatic rings. The number of hydrogen-bond donors (Lipinski definition) is 3. The highest BCUT2D eigenvalue weighted by Crippen LogP contribution is 2.40. The quantitative estimate of drug-likeness (QED) is 0.730. The number of nitrogens with two attached hydrogens (primary N) is 1. The summed E-state index contributed by atoms with van der Waals surface area (Å²) in [5.74, 6) is 0.723. The molecule has 1 saturated heterocycles. The third kappa shape index (κ3) is 3.54. The van der Waals surface area contributed by atoms with Gasteiger partial charge in [0.15, 0.2) is 5.12 Å². The molecule has 21 heavy (non-hydrogen) atoms. The first-order valence-corrected chi connectivity index (χ1v) is 8.71. The third-order valence-electron chi connectivity index (χ3n) is 4.18. The summed E-state index contributed by atoms with van der Waals surface area (Å²) in [6, 6.07) is 8.91. The lowest BCUT2D eigenvalue weighted by Gasteiger charge is -2.31. The van der Waals surface area contributed by atoms with Crippen molar-refractivity contribution in [2.75, 3.05) is 25.0 Å². The fraction of sp³-hybridized carbons (Fsp3) is 0.625. The summed E-state index contributed by atoms with van der Waals surface area (Å²) in [5, 5.41) is 6.37. The van der Waals surface area contributed by atoms with Gasteiger partial charge in [0.05, 0.1) is 5.69 Å². The van der Waals surface area contributed by atoms with Crippen molar-refractivity contribution in [1.29, 1.82) is 0 Å². The number of benzene rings is 1. The molecule has 2 aliphatic heterocycles. The Bertz CT molecular complexity index is 466. The van der Waals surface area contributed by atoms with Crippen molar-refractivity contribution in [3.05, 3.63) is 24.3 Å². The van der Waals surface area contributed by atoms with E-state index in [-0.39, 0.29) is 0 Å². The van der Waals surface area contributed by atoms with Gasteiger partial charge in [0, 0.05) is 24.0 Å². The molecule has 5 heteroatoms. The van der Waals surface area contributed by atoms with Crippen molar-refractivity contribution in [3.8, 4) is 0 Å². The van der Waals surface area contributed by atoms with Gasteiger partial charge >= 0.3 is 0 Å². The number of likely N-dealkylation sites (tertiary alicyclic amines) is 1. The summed E-state index contributed by atoms with van der Waals surface area (Å²) in [4.78, 5) is 3.83. The first-order chi connectivity index (χ1) is 10.1. The molecule has 2 aliphatic rings. The highest BCUT2D eigenvalue weighted by atomic mass is 32.2. The number of rotatable bonds is 5. The van der Waals surface area contributed by atoms with E-state index in [1.807, 2.05) is 6.07 Å². The molecule has 0 aromatic heterocycles. The van der Waals surface area contributed by atoms with E-state index in [0.29, 0.717) is 6.04 Å². The lowest BCUT2D eigenvalue weighted by Crippen LogP contribution is -2.57. The lowest BCUT2D eigenvalue weighted by atomic mass is 10.1. The maximum Gasteiger partial charge on any atom is 0.196 e. The second kappa shape index (κ2) is 6.16. The lowest BCUT2D eigenvalue weighted by molar-refractivity contribution is 0.217. The second-order valence-corrected chi connectivity index (χ2v) is 7.81. The van der Waals surface area contributed by atoms with Gasteiger partial charge in [-0.3, -0.25) is 16.0 Å². The van der Waals surface area contributed by atoms with Crippen LogP contribution in [-0.2, 0) is 0 Å². The van der Waals surface area contributed by atoms with Gasteiger partial charge in [-0.05, 0) is 37.4 Å². The number of thioether (sulfide) groups is 1. The summed E-state index contributed by atoms with van der Waals surface area (Å²) < 4.78 is 0. The topological polar surface area (TPSA) is 53.3 Å². The van der Waals surface area contributed by atoms with Crippen LogP contribution in [0.1, 0.15) is 26.7 Å². The maximum atomic E-state index is 6.46. The van der Waals surface area contributed by atoms with Crippen LogP contribution in [0.25, 0.3) is 0 Å². The van der Waals surface area contributed by atoms with Crippen molar-refractivity contribution >= 4 is 17.4 Å². The summed E-state index contributed by atoms with van der Waals surface area (Å²) >= 11 is 1.67. The van der Waals surface area contributed by atoms with Gasteiger partial charge in [0.2, 0.25) is 0 Å². The minimum absolute atomic E-state index is 0.574. The molecule has 0 bridgehead atoms. The molecule has 1 aromatic carbocycles. The van der Waals surface area contributed by atoms with E-state index in [9.17, 15) is 0 Å². The van der Waals surface area contributed by atoms with E-state index in [1.54, 1.807) is 11.8 Å². The Labute approximate surface area is 131 Å². The summed E-state index contributed by atoms with van der Waals surface area (Å²) in [5.41, 5.74) is 7.58. The van der Waals surface area contributed by atoms with Crippen molar-refractivity contribution in [2.24, 2.45) is 11.7 Å². The smallest absolute Gasteiger partial charge is 0.196 e. The molecular formula is C16H26N4S. The van der Waals surface area contributed by atoms with E-state index >= 15 is 0 Å². The van der Waals surface area contributed by atoms with Crippen LogP contribution >= 0.6 is 11.8 Å². The largest absolute Gasteiger partial charge is 0.345 e. The number of anilines is 1. The number of nitrogens with zero attached hydrogens (tertiary/aromatic N) is 1. The van der Waals surface area contributed by atoms with Crippen LogP contribution in [-0.4, -0.2) is 35.7 Å². The zero-order chi connectivity index (χ0) is 14.9. The molecule has 4 N–H and O–H groups in total. The zero-order valence-electron chi connectivity index (χ0n) is 12.9. The van der Waals surface area contributed by atoms with E-state index in [2.05, 4.69) is 47.6 Å². The highest BCUT2D eigenvalue weighted by molar-refractivity contribution is 8.01. The Morgan fingerprint density at radius 2 is 2.29 bits per heavy atom. The molecule has 0 amide bonds. The molecule has 0 saturated carbocycles. The average molecular weight is 306 g/mol. The SMILES string of the molecule is CC(C)CN1CCCC1CNC1(N)Nc2ccccc2S1. The van der Waals surface area contributed by atoms with E-state index in [4.69, 9.17) is 5.73 Å². The van der Waals surface area contributed by atoms with Crippen molar-refractivity contribution < 1.29 is 0 Å². The number of nitrogens with one attached hydrogen (secondary N) is 2. The molecule has 2 atom stereocenters. The minimum Gasteiger partial charge on any atom is -0.345 e. The Morgan fingerprint density at radius 3 is 3.05 bits per heavy atom. The standard InChI is InChI=1S/C16H26N4S/c1-12(2)11-20-9-5-6-13(20)10-18-16(17)19-14-7-3-4-8-15(14)21-16/h3-4,7-8,12-13,18-19H,5-6,9-11,17H2,1-2H3. The number of hydrogen-bond acceptors (Lipinski definition) is 5. The second-order valence-electron chi connectivity index (χ2n) is 6.52. The van der Waals surface area contributed by atoms with Gasteiger partial charge in [0.1, 0.15) is 0 Å². The summed E-state index contributed by atoms with van der Waals surface area (Å²) in [6.07, 6.45) is 2.57. The molecule has 3 rings (SSSR count). The van der Waals surface area contributed by atoms with E-state index < -0.39 is 5.12 Å². The van der Waals surface area contributed by atoms with E-state index in [1.165, 1.54) is 30.8 Å². The molecule has 0 aliphatic carbocycles. The minimum atomic E-state index is -0.574. The van der Waals surface area contributed by atoms with Crippen molar-refractivity contribution in [1.82, 2.24) is 10.2 Å². The van der Waals surface area contributed by atoms with Gasteiger partial charge in [-0.15, -0.1) is 0 Å². The van der Waals surface area contributed by atoms with Crippen molar-refractivity contribution in [2.45, 2.75) is 42.7 Å². The molecule has 2 heterocycles. The number of para-hydroxylation sites is 1. The van der Waals surface area contributed by atoms with Crippen LogP contribution in [0.3, 0.4) is 0 Å². The monoisotopic (exact) mass is 306 g/mol. The normalized spacial score (nSPS) is 28.9. The Morgan fingerprint density at radius 1 is 1.48 bits per heavy atom. The fourth-order valence-corrected chi connectivity index (χ4v) is 4.28. The first-order valence-electron chi connectivity index (χ1n) is 7.90. The van der Waals surface area contributed by atoms with Crippen LogP contribution in [0.2, 0.25) is 0 Å². The average Bonchev–Trinajstić information content (AvgIpc) is 2.99. The molecule has 1 fully saturated rings. The summed E-state index contributed by atoms with van der Waals surface area (Å²) in [7, 11) is 0. The Hall–Kier alpha value is -0.750. The predicted molar refractivity (Wildman–Crippen MR) is 90.3 cm³/mol. The molecular weight excluding hydrogens is 280 g/mol. The summed E-state index contributed by atoms with van der Waals surface area (Å²) in [6.45, 7) is 7.93. The van der Waals surface area contributed by atoms with Gasteiger partial charge in [0.25, 0.3) is 0 Å². The van der Waals surface area contributed by atoms with Crippen molar-refractivity contribution in [3.63, 3.8) is 0 Å². The fourth-order valence-electron chi connectivity index (χ4n) is 3.24. The third-order valence-corrected chi connectivity index (χ3v) is 5.32. The van der Waals surface area contributed by atoms with Gasteiger partial charge < -0.3 is 5.32 Å². The Balaban J connectivity index is 1.56. The van der Waals surface area contributed by atoms with Gasteiger partial charge in [-0.2, -0.15) is 0 Å². The van der Waals surface area contributed by atoms with E-state index in [0.717, 1.165) is 18.2 Å². The Kier molecular flexibility index (Phi) is 4.45. The zero-order valence-corrected chi connectivity index (χ0v) is 13.7. The molecule has 116 valence electrons.